The lowest BCUT2D eigenvalue weighted by Crippen LogP contribution is -2.46. The number of esters is 1. The molecule has 366 valence electrons. The van der Waals surface area contributed by atoms with Crippen molar-refractivity contribution in [3.63, 3.8) is 0 Å². The lowest BCUT2D eigenvalue weighted by molar-refractivity contribution is -0.151. The monoisotopic (exact) mass is 882 g/mol. The van der Waals surface area contributed by atoms with Gasteiger partial charge >= 0.3 is 5.97 Å². The standard InChI is InChI=1S/C57H103NO5/c1-4-7-10-13-16-19-22-25-26-27-28-29-30-32-35-38-41-44-47-50-57(62)63-53(48-45-42-39-36-33-31-23-20-17-14-11-8-5-2)51-56(61)58-54(52-59)55(60)49-46-43-40-37-34-24-21-18-15-12-9-6-3/h16-17,19-20,23,25-26,28-29,31,53-55,59-60H,4-15,18,21-22,24,27,30,32-52H2,1-3H3,(H,58,61)/b19-16-,20-17+,26-25-,29-28-,31-23+. The summed E-state index contributed by atoms with van der Waals surface area (Å²) in [5.41, 5.74) is 0. The summed E-state index contributed by atoms with van der Waals surface area (Å²) in [4.78, 5) is 26.2. The van der Waals surface area contributed by atoms with E-state index in [1.54, 1.807) is 0 Å². The Balaban J connectivity index is 4.59. The lowest BCUT2D eigenvalue weighted by atomic mass is 10.0. The highest BCUT2D eigenvalue weighted by molar-refractivity contribution is 5.77. The van der Waals surface area contributed by atoms with Crippen molar-refractivity contribution in [3.05, 3.63) is 60.8 Å². The van der Waals surface area contributed by atoms with E-state index in [4.69, 9.17) is 4.74 Å². The quantitative estimate of drug-likeness (QED) is 0.0245. The molecule has 0 fully saturated rings. The predicted molar refractivity (Wildman–Crippen MR) is 273 cm³/mol. The molecule has 3 unspecified atom stereocenters. The minimum Gasteiger partial charge on any atom is -0.462 e. The summed E-state index contributed by atoms with van der Waals surface area (Å²) in [6.45, 7) is 6.42. The van der Waals surface area contributed by atoms with Gasteiger partial charge in [0.15, 0.2) is 0 Å². The van der Waals surface area contributed by atoms with Crippen molar-refractivity contribution in [3.8, 4) is 0 Å². The predicted octanol–water partition coefficient (Wildman–Crippen LogP) is 16.4. The number of allylic oxidation sites excluding steroid dienone is 10. The van der Waals surface area contributed by atoms with Gasteiger partial charge in [0.2, 0.25) is 5.91 Å². The van der Waals surface area contributed by atoms with E-state index >= 15 is 0 Å². The van der Waals surface area contributed by atoms with E-state index in [1.807, 2.05) is 0 Å². The van der Waals surface area contributed by atoms with Crippen LogP contribution in [-0.4, -0.2) is 46.9 Å². The maximum absolute atomic E-state index is 13.2. The Bertz CT molecular complexity index is 1130. The molecule has 6 nitrogen and oxygen atoms in total. The molecule has 1 amide bonds. The van der Waals surface area contributed by atoms with Crippen molar-refractivity contribution in [2.24, 2.45) is 0 Å². The van der Waals surface area contributed by atoms with Crippen LogP contribution in [-0.2, 0) is 14.3 Å². The molecule has 63 heavy (non-hydrogen) atoms. The Morgan fingerprint density at radius 1 is 0.476 bits per heavy atom. The Morgan fingerprint density at radius 3 is 1.35 bits per heavy atom. The van der Waals surface area contributed by atoms with Crippen LogP contribution in [0.1, 0.15) is 265 Å². The van der Waals surface area contributed by atoms with Crippen molar-refractivity contribution < 1.29 is 24.5 Å². The Labute approximate surface area is 390 Å². The number of rotatable bonds is 48. The zero-order valence-electron chi connectivity index (χ0n) is 41.7. The second kappa shape index (κ2) is 50.6. The SMILES string of the molecule is CCCCC/C=C\C/C=C\C/C=C\CCCCCCCCC(=O)OC(CCCCCC/C=C/C=C/CCCCC)CC(=O)NC(CO)C(O)CCCCCCCCCCCCCC. The van der Waals surface area contributed by atoms with Gasteiger partial charge < -0.3 is 20.3 Å². The molecule has 0 aliphatic carbocycles. The largest absolute Gasteiger partial charge is 0.462 e. The molecular weight excluding hydrogens is 779 g/mol. The maximum Gasteiger partial charge on any atom is 0.306 e. The molecule has 3 N–H and O–H groups in total. The van der Waals surface area contributed by atoms with Gasteiger partial charge in [0, 0.05) is 6.42 Å². The van der Waals surface area contributed by atoms with Crippen LogP contribution in [0.25, 0.3) is 0 Å². The fourth-order valence-corrected chi connectivity index (χ4v) is 7.96. The molecule has 0 aliphatic rings. The molecule has 0 bridgehead atoms. The fraction of sp³-hybridized carbons (Fsp3) is 0.789. The van der Waals surface area contributed by atoms with E-state index in [0.717, 1.165) is 96.3 Å². The second-order valence-electron chi connectivity index (χ2n) is 18.3. The van der Waals surface area contributed by atoms with Crippen molar-refractivity contribution in [2.45, 2.75) is 283 Å². The summed E-state index contributed by atoms with van der Waals surface area (Å²) in [5, 5.41) is 23.8. The highest BCUT2D eigenvalue weighted by atomic mass is 16.5. The number of carbonyl (C=O) groups excluding carboxylic acids is 2. The third kappa shape index (κ3) is 45.9. The average Bonchev–Trinajstić information content (AvgIpc) is 3.28. The third-order valence-electron chi connectivity index (χ3n) is 12.1. The highest BCUT2D eigenvalue weighted by Crippen LogP contribution is 2.17. The Kier molecular flexibility index (Phi) is 48.6. The van der Waals surface area contributed by atoms with Crippen molar-refractivity contribution in [2.75, 3.05) is 6.61 Å². The molecule has 0 saturated heterocycles. The summed E-state index contributed by atoms with van der Waals surface area (Å²) < 4.78 is 5.93. The minimum atomic E-state index is -0.796. The smallest absolute Gasteiger partial charge is 0.306 e. The number of hydrogen-bond donors (Lipinski definition) is 3. The summed E-state index contributed by atoms with van der Waals surface area (Å²) in [7, 11) is 0. The molecule has 6 heteroatoms. The lowest BCUT2D eigenvalue weighted by Gasteiger charge is -2.24. The van der Waals surface area contributed by atoms with Crippen LogP contribution in [0, 0.1) is 0 Å². The highest BCUT2D eigenvalue weighted by Gasteiger charge is 2.24. The zero-order chi connectivity index (χ0) is 45.9. The minimum absolute atomic E-state index is 0.0577. The van der Waals surface area contributed by atoms with Gasteiger partial charge in [0.25, 0.3) is 0 Å². The Morgan fingerprint density at radius 2 is 0.857 bits per heavy atom. The van der Waals surface area contributed by atoms with Gasteiger partial charge in [0.1, 0.15) is 6.10 Å². The number of carbonyl (C=O) groups is 2. The molecule has 0 aromatic carbocycles. The van der Waals surface area contributed by atoms with Gasteiger partial charge in [-0.15, -0.1) is 0 Å². The first-order valence-electron chi connectivity index (χ1n) is 27.0. The molecule has 0 saturated carbocycles. The number of amides is 1. The second-order valence-corrected chi connectivity index (χ2v) is 18.3. The number of unbranched alkanes of at least 4 members (excludes halogenated alkanes) is 27. The van der Waals surface area contributed by atoms with E-state index in [2.05, 4.69) is 86.8 Å². The van der Waals surface area contributed by atoms with Gasteiger partial charge in [-0.25, -0.2) is 0 Å². The van der Waals surface area contributed by atoms with E-state index in [0.29, 0.717) is 19.3 Å². The van der Waals surface area contributed by atoms with Crippen LogP contribution >= 0.6 is 0 Å². The molecule has 0 spiro atoms. The molecule has 0 radical (unpaired) electrons. The van der Waals surface area contributed by atoms with Crippen LogP contribution < -0.4 is 5.32 Å². The molecule has 0 aromatic heterocycles. The van der Waals surface area contributed by atoms with Crippen LogP contribution in [0.15, 0.2) is 60.8 Å². The molecular formula is C57H103NO5. The van der Waals surface area contributed by atoms with Gasteiger partial charge in [0.05, 0.1) is 25.2 Å². The van der Waals surface area contributed by atoms with Gasteiger partial charge in [-0.2, -0.15) is 0 Å². The fourth-order valence-electron chi connectivity index (χ4n) is 7.96. The van der Waals surface area contributed by atoms with E-state index < -0.39 is 18.2 Å². The van der Waals surface area contributed by atoms with Gasteiger partial charge in [-0.1, -0.05) is 223 Å². The van der Waals surface area contributed by atoms with Crippen molar-refractivity contribution in [1.82, 2.24) is 5.32 Å². The van der Waals surface area contributed by atoms with Crippen LogP contribution in [0.2, 0.25) is 0 Å². The zero-order valence-corrected chi connectivity index (χ0v) is 41.7. The topological polar surface area (TPSA) is 95.9 Å². The summed E-state index contributed by atoms with van der Waals surface area (Å²) in [6, 6.07) is -0.712. The van der Waals surface area contributed by atoms with Gasteiger partial charge in [-0.05, 0) is 89.9 Å². The van der Waals surface area contributed by atoms with Crippen molar-refractivity contribution in [1.29, 1.82) is 0 Å². The molecule has 3 atom stereocenters. The van der Waals surface area contributed by atoms with Crippen LogP contribution in [0.4, 0.5) is 0 Å². The van der Waals surface area contributed by atoms with E-state index in [-0.39, 0.29) is 24.9 Å². The Hall–Kier alpha value is -2.44. The summed E-state index contributed by atoms with van der Waals surface area (Å²) in [6.07, 6.45) is 62.7. The normalized spacial score (nSPS) is 13.7. The summed E-state index contributed by atoms with van der Waals surface area (Å²) >= 11 is 0. The van der Waals surface area contributed by atoms with E-state index in [9.17, 15) is 19.8 Å². The number of nitrogens with one attached hydrogen (secondary N) is 1. The molecule has 0 rings (SSSR count). The van der Waals surface area contributed by atoms with E-state index in [1.165, 1.54) is 122 Å². The maximum atomic E-state index is 13.2. The number of aliphatic hydroxyl groups is 2. The first-order valence-corrected chi connectivity index (χ1v) is 27.0. The molecule has 0 heterocycles. The first kappa shape index (κ1) is 60.6. The van der Waals surface area contributed by atoms with Crippen LogP contribution in [0.3, 0.4) is 0 Å². The molecule has 0 aromatic rings. The van der Waals surface area contributed by atoms with Crippen LogP contribution in [0.5, 0.6) is 0 Å². The first-order chi connectivity index (χ1) is 31.0. The molecule has 0 aliphatic heterocycles. The number of ether oxygens (including phenoxy) is 1. The average molecular weight is 882 g/mol. The number of aliphatic hydroxyl groups excluding tert-OH is 2. The number of hydrogen-bond acceptors (Lipinski definition) is 5. The van der Waals surface area contributed by atoms with Crippen molar-refractivity contribution >= 4 is 11.9 Å². The van der Waals surface area contributed by atoms with Gasteiger partial charge in [-0.3, -0.25) is 9.59 Å². The summed E-state index contributed by atoms with van der Waals surface area (Å²) in [5.74, 6) is -0.505. The third-order valence-corrected chi connectivity index (χ3v) is 12.1.